The summed E-state index contributed by atoms with van der Waals surface area (Å²) < 4.78 is 5.30. The number of guanidine groups is 1. The third kappa shape index (κ3) is 11.2. The highest BCUT2D eigenvalue weighted by molar-refractivity contribution is 14.0. The van der Waals surface area contributed by atoms with E-state index in [1.165, 1.54) is 5.56 Å². The number of carbonyl (C=O) groups excluding carboxylic acids is 1. The van der Waals surface area contributed by atoms with Crippen molar-refractivity contribution in [1.82, 2.24) is 16.0 Å². The second kappa shape index (κ2) is 10.8. The second-order valence-electron chi connectivity index (χ2n) is 7.19. The second-order valence-corrected chi connectivity index (χ2v) is 7.97. The zero-order valence-electron chi connectivity index (χ0n) is 15.9. The maximum Gasteiger partial charge on any atom is 0.408 e. The van der Waals surface area contributed by atoms with Crippen LogP contribution in [0.25, 0.3) is 0 Å². The fourth-order valence-electron chi connectivity index (χ4n) is 1.82. The van der Waals surface area contributed by atoms with Gasteiger partial charge in [-0.1, -0.05) is 0 Å². The highest BCUT2D eigenvalue weighted by atomic mass is 127. The normalized spacial score (nSPS) is 12.2. The largest absolute Gasteiger partial charge is 0.444 e. The summed E-state index contributed by atoms with van der Waals surface area (Å²) in [5.41, 5.74) is 0.203. The Kier molecular flexibility index (Phi) is 10.4. The van der Waals surface area contributed by atoms with Crippen LogP contribution in [0.4, 0.5) is 4.79 Å². The standard InChI is InChI=1S/C17H30N4O2S.HI/c1-7-18-14(19-10-13-8-9-24-11-13)20-12-17(5,6)21-15(22)23-16(2,3)4;/h8-9,11H,7,10,12H2,1-6H3,(H,21,22)(H2,18,19,20);1H. The zero-order chi connectivity index (χ0) is 18.2. The summed E-state index contributed by atoms with van der Waals surface area (Å²) in [6.07, 6.45) is -0.422. The predicted octanol–water partition coefficient (Wildman–Crippen LogP) is 3.72. The molecule has 1 aromatic heterocycles. The van der Waals surface area contributed by atoms with Crippen LogP contribution in [0.5, 0.6) is 0 Å². The van der Waals surface area contributed by atoms with Crippen molar-refractivity contribution >= 4 is 47.4 Å². The minimum Gasteiger partial charge on any atom is -0.444 e. The first-order valence-corrected chi connectivity index (χ1v) is 9.10. The molecular formula is C17H31IN4O2S. The molecule has 6 nitrogen and oxygen atoms in total. The van der Waals surface area contributed by atoms with Gasteiger partial charge in [-0.25, -0.2) is 9.79 Å². The Morgan fingerprint density at radius 3 is 2.44 bits per heavy atom. The molecule has 0 aliphatic heterocycles. The van der Waals surface area contributed by atoms with Crippen LogP contribution in [0.15, 0.2) is 21.8 Å². The van der Waals surface area contributed by atoms with Crippen molar-refractivity contribution in [3.63, 3.8) is 0 Å². The van der Waals surface area contributed by atoms with Gasteiger partial charge in [-0.05, 0) is 63.9 Å². The Morgan fingerprint density at radius 1 is 1.24 bits per heavy atom. The van der Waals surface area contributed by atoms with Gasteiger partial charge >= 0.3 is 6.09 Å². The molecule has 1 heterocycles. The topological polar surface area (TPSA) is 74.8 Å². The first-order valence-electron chi connectivity index (χ1n) is 8.16. The monoisotopic (exact) mass is 482 g/mol. The molecule has 144 valence electrons. The molecule has 1 aromatic rings. The molecule has 0 atom stereocenters. The number of nitrogens with one attached hydrogen (secondary N) is 3. The van der Waals surface area contributed by atoms with Gasteiger partial charge in [0.2, 0.25) is 0 Å². The molecular weight excluding hydrogens is 451 g/mol. The van der Waals surface area contributed by atoms with E-state index in [2.05, 4.69) is 32.4 Å². The summed E-state index contributed by atoms with van der Waals surface area (Å²) in [6, 6.07) is 2.06. The molecule has 0 aromatic carbocycles. The number of halogens is 1. The lowest BCUT2D eigenvalue weighted by Gasteiger charge is -2.29. The van der Waals surface area contributed by atoms with Crippen molar-refractivity contribution in [2.75, 3.05) is 13.1 Å². The number of thiophene rings is 1. The third-order valence-corrected chi connectivity index (χ3v) is 3.61. The van der Waals surface area contributed by atoms with Crippen LogP contribution in [-0.2, 0) is 11.3 Å². The maximum atomic E-state index is 11.9. The molecule has 1 amide bonds. The molecule has 25 heavy (non-hydrogen) atoms. The average molecular weight is 482 g/mol. The molecule has 0 aliphatic rings. The van der Waals surface area contributed by atoms with E-state index < -0.39 is 17.2 Å². The molecule has 1 rings (SSSR count). The quantitative estimate of drug-likeness (QED) is 0.328. The van der Waals surface area contributed by atoms with Crippen molar-refractivity contribution in [3.05, 3.63) is 22.4 Å². The number of amides is 1. The number of hydrogen-bond donors (Lipinski definition) is 3. The summed E-state index contributed by atoms with van der Waals surface area (Å²) >= 11 is 1.66. The number of nitrogens with zero attached hydrogens (tertiary/aromatic N) is 1. The Labute approximate surface area is 172 Å². The number of carbonyl (C=O) groups is 1. The molecule has 0 radical (unpaired) electrons. The van der Waals surface area contributed by atoms with Crippen LogP contribution < -0.4 is 16.0 Å². The van der Waals surface area contributed by atoms with Crippen LogP contribution in [0, 0.1) is 0 Å². The van der Waals surface area contributed by atoms with E-state index in [-0.39, 0.29) is 24.0 Å². The number of ether oxygens (including phenoxy) is 1. The predicted molar refractivity (Wildman–Crippen MR) is 116 cm³/mol. The minimum atomic E-state index is -0.509. The molecule has 0 aliphatic carbocycles. The van der Waals surface area contributed by atoms with Crippen molar-refractivity contribution in [3.8, 4) is 0 Å². The van der Waals surface area contributed by atoms with Crippen LogP contribution in [-0.4, -0.2) is 36.3 Å². The first-order chi connectivity index (χ1) is 11.1. The summed E-state index contributed by atoms with van der Waals surface area (Å²) in [7, 11) is 0. The highest BCUT2D eigenvalue weighted by Crippen LogP contribution is 2.09. The van der Waals surface area contributed by atoms with Crippen molar-refractivity contribution in [1.29, 1.82) is 0 Å². The van der Waals surface area contributed by atoms with Gasteiger partial charge in [0.05, 0.1) is 12.1 Å². The molecule has 3 N–H and O–H groups in total. The molecule has 0 bridgehead atoms. The smallest absolute Gasteiger partial charge is 0.408 e. The van der Waals surface area contributed by atoms with Crippen LogP contribution in [0.2, 0.25) is 0 Å². The van der Waals surface area contributed by atoms with E-state index in [4.69, 9.17) is 4.74 Å². The Hall–Kier alpha value is -1.03. The summed E-state index contributed by atoms with van der Waals surface area (Å²) in [6.45, 7) is 13.4. The average Bonchev–Trinajstić information content (AvgIpc) is 2.92. The van der Waals surface area contributed by atoms with Gasteiger partial charge in [-0.3, -0.25) is 0 Å². The Balaban J connectivity index is 0.00000576. The molecule has 0 saturated heterocycles. The van der Waals surface area contributed by atoms with E-state index in [1.807, 2.05) is 46.9 Å². The highest BCUT2D eigenvalue weighted by Gasteiger charge is 2.24. The lowest BCUT2D eigenvalue weighted by molar-refractivity contribution is 0.0474. The van der Waals surface area contributed by atoms with Gasteiger partial charge in [0.25, 0.3) is 0 Å². The van der Waals surface area contributed by atoms with Gasteiger partial charge in [0.1, 0.15) is 5.60 Å². The van der Waals surface area contributed by atoms with Gasteiger partial charge in [0.15, 0.2) is 5.96 Å². The van der Waals surface area contributed by atoms with Gasteiger partial charge in [0, 0.05) is 13.1 Å². The number of alkyl carbamates (subject to hydrolysis) is 1. The van der Waals surface area contributed by atoms with Gasteiger partial charge in [-0.15, -0.1) is 24.0 Å². The van der Waals surface area contributed by atoms with E-state index >= 15 is 0 Å². The molecule has 8 heteroatoms. The van der Waals surface area contributed by atoms with Crippen LogP contribution in [0.3, 0.4) is 0 Å². The number of hydrogen-bond acceptors (Lipinski definition) is 4. The maximum absolute atomic E-state index is 11.9. The lowest BCUT2D eigenvalue weighted by atomic mass is 10.1. The number of aliphatic imine (C=N–C) groups is 1. The number of rotatable bonds is 6. The Morgan fingerprint density at radius 2 is 1.92 bits per heavy atom. The lowest BCUT2D eigenvalue weighted by Crippen LogP contribution is -2.54. The van der Waals surface area contributed by atoms with Crippen LogP contribution >= 0.6 is 35.3 Å². The molecule has 0 saturated carbocycles. The zero-order valence-corrected chi connectivity index (χ0v) is 19.1. The van der Waals surface area contributed by atoms with E-state index in [1.54, 1.807) is 11.3 Å². The van der Waals surface area contributed by atoms with E-state index in [9.17, 15) is 4.79 Å². The fourth-order valence-corrected chi connectivity index (χ4v) is 2.48. The summed E-state index contributed by atoms with van der Waals surface area (Å²) in [5.74, 6) is 0.725. The minimum absolute atomic E-state index is 0. The van der Waals surface area contributed by atoms with Crippen LogP contribution in [0.1, 0.15) is 47.1 Å². The molecule has 0 fully saturated rings. The Bertz CT molecular complexity index is 539. The molecule has 0 spiro atoms. The third-order valence-electron chi connectivity index (χ3n) is 2.88. The van der Waals surface area contributed by atoms with Crippen molar-refractivity contribution in [2.45, 2.75) is 59.2 Å². The first kappa shape index (κ1) is 24.0. The van der Waals surface area contributed by atoms with E-state index in [0.29, 0.717) is 13.1 Å². The van der Waals surface area contributed by atoms with Gasteiger partial charge in [-0.2, -0.15) is 11.3 Å². The van der Waals surface area contributed by atoms with Gasteiger partial charge < -0.3 is 20.7 Å². The van der Waals surface area contributed by atoms with E-state index in [0.717, 1.165) is 12.5 Å². The molecule has 0 unspecified atom stereocenters. The fraction of sp³-hybridized carbons (Fsp3) is 0.647. The summed E-state index contributed by atoms with van der Waals surface area (Å²) in [5, 5.41) is 13.5. The SMILES string of the molecule is CCNC(=NCc1ccsc1)NCC(C)(C)NC(=O)OC(C)(C)C.I. The summed E-state index contributed by atoms with van der Waals surface area (Å²) in [4.78, 5) is 16.5. The van der Waals surface area contributed by atoms with Crippen molar-refractivity contribution in [2.24, 2.45) is 4.99 Å². The van der Waals surface area contributed by atoms with Crippen molar-refractivity contribution < 1.29 is 9.53 Å².